The van der Waals surface area contributed by atoms with Crippen LogP contribution in [0, 0.1) is 0 Å². The first-order chi connectivity index (χ1) is 5.07. The molecule has 4 nitrogen and oxygen atoms in total. The zero-order valence-electron chi connectivity index (χ0n) is 7.11. The van der Waals surface area contributed by atoms with Crippen LogP contribution in [0.2, 0.25) is 0 Å². The van der Waals surface area contributed by atoms with Crippen molar-refractivity contribution in [3.8, 4) is 0 Å². The van der Waals surface area contributed by atoms with E-state index in [4.69, 9.17) is 9.29 Å². The van der Waals surface area contributed by atoms with Gasteiger partial charge in [-0.1, -0.05) is 0 Å². The zero-order chi connectivity index (χ0) is 8.85. The monoisotopic (exact) mass is 181 g/mol. The van der Waals surface area contributed by atoms with Gasteiger partial charge in [0.25, 0.3) is 0 Å². The highest BCUT2D eigenvalue weighted by Crippen LogP contribution is 1.95. The smallest absolute Gasteiger partial charge is 0.234 e. The summed E-state index contributed by atoms with van der Waals surface area (Å²) in [5, 5.41) is 0. The lowest BCUT2D eigenvalue weighted by atomic mass is 10.4. The molecule has 0 rings (SSSR count). The second-order valence-corrected chi connectivity index (χ2v) is 3.39. The van der Waals surface area contributed by atoms with Crippen molar-refractivity contribution in [3.63, 3.8) is 0 Å². The van der Waals surface area contributed by atoms with E-state index in [1.165, 1.54) is 4.31 Å². The summed E-state index contributed by atoms with van der Waals surface area (Å²) < 4.78 is 25.5. The second-order valence-electron chi connectivity index (χ2n) is 2.31. The lowest BCUT2D eigenvalue weighted by Gasteiger charge is -2.16. The highest BCUT2D eigenvalue weighted by molar-refractivity contribution is 7.76. The van der Waals surface area contributed by atoms with E-state index in [0.29, 0.717) is 13.2 Å². The van der Waals surface area contributed by atoms with Crippen molar-refractivity contribution in [2.45, 2.75) is 20.0 Å². The third kappa shape index (κ3) is 5.32. The number of likely N-dealkylation sites (N-methyl/N-ethyl adjacent to an activating group) is 1. The maximum absolute atomic E-state index is 10.4. The van der Waals surface area contributed by atoms with E-state index in [1.807, 2.05) is 13.8 Å². The molecule has 0 amide bonds. The summed E-state index contributed by atoms with van der Waals surface area (Å²) in [4.78, 5) is 0. The molecule has 0 aliphatic heterocycles. The predicted molar refractivity (Wildman–Crippen MR) is 44.5 cm³/mol. The molecule has 0 aromatic carbocycles. The largest absolute Gasteiger partial charge is 0.377 e. The van der Waals surface area contributed by atoms with E-state index in [1.54, 1.807) is 7.05 Å². The minimum absolute atomic E-state index is 0.00102. The quantitative estimate of drug-likeness (QED) is 0.628. The van der Waals surface area contributed by atoms with Gasteiger partial charge in [0.05, 0.1) is 6.10 Å². The van der Waals surface area contributed by atoms with Crippen LogP contribution < -0.4 is 0 Å². The third-order valence-electron chi connectivity index (χ3n) is 1.23. The molecule has 0 aromatic rings. The topological polar surface area (TPSA) is 49.8 Å². The maximum Gasteiger partial charge on any atom is 0.234 e. The fourth-order valence-electron chi connectivity index (χ4n) is 0.763. The Balaban J connectivity index is 3.56. The average molecular weight is 181 g/mol. The highest BCUT2D eigenvalue weighted by Gasteiger charge is 2.09. The van der Waals surface area contributed by atoms with Gasteiger partial charge in [0, 0.05) is 20.2 Å². The third-order valence-corrected chi connectivity index (χ3v) is 1.91. The van der Waals surface area contributed by atoms with Gasteiger partial charge in [0.2, 0.25) is 11.3 Å². The molecule has 0 aliphatic rings. The standard InChI is InChI=1S/C6H15NO3S/c1-4-10-6(2)5-7(3)11(8)9/h6H,4-5H2,1-3H3,(H,8,9)/t6-/m0/s1. The van der Waals surface area contributed by atoms with Crippen LogP contribution in [-0.2, 0) is 16.0 Å². The van der Waals surface area contributed by atoms with E-state index in [0.717, 1.165) is 0 Å². The van der Waals surface area contributed by atoms with E-state index in [2.05, 4.69) is 0 Å². The number of hydrogen-bond donors (Lipinski definition) is 1. The molecular formula is C6H15NO3S. The van der Waals surface area contributed by atoms with Crippen LogP contribution in [-0.4, -0.2) is 39.4 Å². The van der Waals surface area contributed by atoms with Crippen LogP contribution in [0.1, 0.15) is 13.8 Å². The summed E-state index contributed by atoms with van der Waals surface area (Å²) in [7, 11) is 1.58. The molecule has 1 unspecified atom stereocenters. The lowest BCUT2D eigenvalue weighted by Crippen LogP contribution is -2.30. The average Bonchev–Trinajstić information content (AvgIpc) is 1.87. The zero-order valence-corrected chi connectivity index (χ0v) is 7.93. The minimum Gasteiger partial charge on any atom is -0.377 e. The molecular weight excluding hydrogens is 166 g/mol. The molecule has 0 spiro atoms. The van der Waals surface area contributed by atoms with Gasteiger partial charge in [-0.3, -0.25) is 4.55 Å². The van der Waals surface area contributed by atoms with Gasteiger partial charge in [-0.05, 0) is 13.8 Å². The fraction of sp³-hybridized carbons (Fsp3) is 1.00. The Morgan fingerprint density at radius 1 is 1.73 bits per heavy atom. The minimum atomic E-state index is -1.88. The summed E-state index contributed by atoms with van der Waals surface area (Å²) in [6.07, 6.45) is 0.00102. The first-order valence-electron chi connectivity index (χ1n) is 3.51. The van der Waals surface area contributed by atoms with E-state index in [9.17, 15) is 4.21 Å². The summed E-state index contributed by atoms with van der Waals surface area (Å²) in [5.74, 6) is 0. The van der Waals surface area contributed by atoms with Gasteiger partial charge in [0.1, 0.15) is 0 Å². The van der Waals surface area contributed by atoms with Crippen LogP contribution >= 0.6 is 0 Å². The molecule has 1 N–H and O–H groups in total. The van der Waals surface area contributed by atoms with Gasteiger partial charge in [-0.25, -0.2) is 8.51 Å². The Bertz CT molecular complexity index is 131. The Morgan fingerprint density at radius 2 is 2.27 bits per heavy atom. The second kappa shape index (κ2) is 5.65. The van der Waals surface area contributed by atoms with Gasteiger partial charge >= 0.3 is 0 Å². The van der Waals surface area contributed by atoms with Crippen molar-refractivity contribution in [1.82, 2.24) is 4.31 Å². The first kappa shape index (κ1) is 11.0. The molecule has 2 atom stereocenters. The van der Waals surface area contributed by atoms with Gasteiger partial charge in [-0.2, -0.15) is 0 Å². The first-order valence-corrected chi connectivity index (χ1v) is 4.58. The maximum atomic E-state index is 10.4. The summed E-state index contributed by atoms with van der Waals surface area (Å²) >= 11 is -1.88. The van der Waals surface area contributed by atoms with Crippen molar-refractivity contribution in [3.05, 3.63) is 0 Å². The van der Waals surface area contributed by atoms with Gasteiger partial charge in [-0.15, -0.1) is 0 Å². The van der Waals surface area contributed by atoms with Crippen LogP contribution in [0.5, 0.6) is 0 Å². The van der Waals surface area contributed by atoms with Crippen LogP contribution in [0.4, 0.5) is 0 Å². The number of nitrogens with zero attached hydrogens (tertiary/aromatic N) is 1. The Kier molecular flexibility index (Phi) is 5.67. The molecule has 0 bridgehead atoms. The van der Waals surface area contributed by atoms with E-state index in [-0.39, 0.29) is 6.10 Å². The normalized spacial score (nSPS) is 16.8. The predicted octanol–water partition coefficient (Wildman–Crippen LogP) is 0.480. The summed E-state index contributed by atoms with van der Waals surface area (Å²) in [6, 6.07) is 0. The molecule has 0 radical (unpaired) electrons. The molecule has 0 saturated heterocycles. The van der Waals surface area contributed by atoms with Crippen LogP contribution in [0.15, 0.2) is 0 Å². The number of rotatable bonds is 5. The molecule has 68 valence electrons. The van der Waals surface area contributed by atoms with Gasteiger partial charge in [0.15, 0.2) is 0 Å². The van der Waals surface area contributed by atoms with Crippen molar-refractivity contribution in [2.24, 2.45) is 0 Å². The molecule has 0 heterocycles. The van der Waals surface area contributed by atoms with Crippen LogP contribution in [0.3, 0.4) is 0 Å². The van der Waals surface area contributed by atoms with Crippen molar-refractivity contribution in [1.29, 1.82) is 0 Å². The number of ether oxygens (including phenoxy) is 1. The van der Waals surface area contributed by atoms with Crippen molar-refractivity contribution in [2.75, 3.05) is 20.2 Å². The van der Waals surface area contributed by atoms with Crippen LogP contribution in [0.25, 0.3) is 0 Å². The SMILES string of the molecule is CCO[C@@H](C)CN(C)S(=O)O. The van der Waals surface area contributed by atoms with Gasteiger partial charge < -0.3 is 4.74 Å². The van der Waals surface area contributed by atoms with E-state index >= 15 is 0 Å². The molecule has 11 heavy (non-hydrogen) atoms. The van der Waals surface area contributed by atoms with Crippen molar-refractivity contribution < 1.29 is 13.5 Å². The van der Waals surface area contributed by atoms with Crippen molar-refractivity contribution >= 4 is 11.3 Å². The molecule has 5 heteroatoms. The molecule has 0 aromatic heterocycles. The van der Waals surface area contributed by atoms with E-state index < -0.39 is 11.3 Å². The summed E-state index contributed by atoms with van der Waals surface area (Å²) in [6.45, 7) is 4.86. The lowest BCUT2D eigenvalue weighted by molar-refractivity contribution is 0.0655. The number of hydrogen-bond acceptors (Lipinski definition) is 2. The molecule has 0 saturated carbocycles. The Morgan fingerprint density at radius 3 is 2.64 bits per heavy atom. The summed E-state index contributed by atoms with van der Waals surface area (Å²) in [5.41, 5.74) is 0. The Hall–Kier alpha value is 0.0300. The highest BCUT2D eigenvalue weighted by atomic mass is 32.2. The fourth-order valence-corrected chi connectivity index (χ4v) is 1.10. The molecule has 0 fully saturated rings. The molecule has 0 aliphatic carbocycles. The Labute approximate surface area is 70.0 Å².